The quantitative estimate of drug-likeness (QED) is 0.794. The van der Waals surface area contributed by atoms with Crippen LogP contribution in [0.2, 0.25) is 0 Å². The summed E-state index contributed by atoms with van der Waals surface area (Å²) < 4.78 is 14.8. The molecule has 2 atom stereocenters. The predicted molar refractivity (Wildman–Crippen MR) is 91.7 cm³/mol. The van der Waals surface area contributed by atoms with E-state index in [2.05, 4.69) is 42.3 Å². The number of carbonyl (C=O) groups is 1. The molecule has 2 heterocycles. The Morgan fingerprint density at radius 3 is 2.75 bits per heavy atom. The van der Waals surface area contributed by atoms with Gasteiger partial charge < -0.3 is 9.72 Å². The summed E-state index contributed by atoms with van der Waals surface area (Å²) in [6.07, 6.45) is 3.06. The first kappa shape index (κ1) is 14.9. The number of nitrogens with one attached hydrogen (secondary N) is 1. The zero-order valence-corrected chi connectivity index (χ0v) is 13.6. The first-order valence-corrected chi connectivity index (χ1v) is 8.02. The number of hydrogen-bond acceptors (Lipinski definition) is 2. The summed E-state index contributed by atoms with van der Waals surface area (Å²) in [4.78, 5) is 16.2. The smallest absolute Gasteiger partial charge is 0.231 e. The molecule has 0 unspecified atom stereocenters. The molecular formula is C19H18FN3O. The average Bonchev–Trinajstić information content (AvgIpc) is 3.13. The molecule has 5 heteroatoms. The lowest BCUT2D eigenvalue weighted by Crippen LogP contribution is -2.15. The van der Waals surface area contributed by atoms with Gasteiger partial charge in [0.25, 0.3) is 0 Å². The van der Waals surface area contributed by atoms with Gasteiger partial charge >= 0.3 is 0 Å². The van der Waals surface area contributed by atoms with E-state index in [1.807, 2.05) is 22.7 Å². The maximum Gasteiger partial charge on any atom is 0.231 e. The SMILES string of the molecule is Cc1ccc(-c2ccc3nc(NC(=O)[C@@H]4C[C@@H]4F)cn3c2)c(C)c1. The van der Waals surface area contributed by atoms with Gasteiger partial charge in [-0.2, -0.15) is 0 Å². The molecule has 1 N–H and O–H groups in total. The van der Waals surface area contributed by atoms with Crippen LogP contribution in [0.15, 0.2) is 42.7 Å². The van der Waals surface area contributed by atoms with Crippen LogP contribution in [0.4, 0.5) is 10.2 Å². The van der Waals surface area contributed by atoms with E-state index in [0.717, 1.165) is 11.2 Å². The van der Waals surface area contributed by atoms with Crippen LogP contribution in [0, 0.1) is 19.8 Å². The molecule has 0 bridgehead atoms. The second-order valence-electron chi connectivity index (χ2n) is 6.48. The standard InChI is InChI=1S/C19H18FN3O/c1-11-3-5-14(12(2)7-11)13-4-6-18-21-17(10-23(18)9-13)22-19(24)15-8-16(15)20/h3-7,9-10,15-16H,8H2,1-2H3,(H,22,24)/t15-,16+/m1/s1. The molecule has 0 saturated heterocycles. The third-order valence-electron chi connectivity index (χ3n) is 4.44. The van der Waals surface area contributed by atoms with Crippen molar-refractivity contribution in [3.8, 4) is 11.1 Å². The van der Waals surface area contributed by atoms with Crippen LogP contribution in [-0.2, 0) is 4.79 Å². The number of nitrogens with zero attached hydrogens (tertiary/aromatic N) is 2. The summed E-state index contributed by atoms with van der Waals surface area (Å²) in [6, 6.07) is 10.3. The van der Waals surface area contributed by atoms with Gasteiger partial charge in [0.1, 0.15) is 11.8 Å². The number of benzene rings is 1. The Hall–Kier alpha value is -2.69. The van der Waals surface area contributed by atoms with Gasteiger partial charge in [-0.05, 0) is 49.1 Å². The highest BCUT2D eigenvalue weighted by molar-refractivity contribution is 5.94. The fraction of sp³-hybridized carbons (Fsp3) is 0.263. The Morgan fingerprint density at radius 1 is 1.25 bits per heavy atom. The molecule has 4 nitrogen and oxygen atoms in total. The van der Waals surface area contributed by atoms with Crippen molar-refractivity contribution in [2.75, 3.05) is 5.32 Å². The van der Waals surface area contributed by atoms with Crippen LogP contribution in [0.25, 0.3) is 16.8 Å². The van der Waals surface area contributed by atoms with E-state index in [1.54, 1.807) is 6.20 Å². The zero-order chi connectivity index (χ0) is 16.8. The van der Waals surface area contributed by atoms with Gasteiger partial charge in [0.05, 0.1) is 12.1 Å². The van der Waals surface area contributed by atoms with Gasteiger partial charge in [-0.25, -0.2) is 9.37 Å². The second-order valence-corrected chi connectivity index (χ2v) is 6.48. The molecule has 1 fully saturated rings. The molecule has 3 aromatic rings. The molecule has 1 aliphatic rings. The number of anilines is 1. The van der Waals surface area contributed by atoms with Crippen molar-refractivity contribution < 1.29 is 9.18 Å². The van der Waals surface area contributed by atoms with Gasteiger partial charge in [-0.1, -0.05) is 23.8 Å². The summed E-state index contributed by atoms with van der Waals surface area (Å²) in [7, 11) is 0. The molecule has 24 heavy (non-hydrogen) atoms. The summed E-state index contributed by atoms with van der Waals surface area (Å²) in [5, 5.41) is 2.69. The average molecular weight is 323 g/mol. The first-order valence-electron chi connectivity index (χ1n) is 8.02. The Morgan fingerprint density at radius 2 is 2.04 bits per heavy atom. The minimum Gasteiger partial charge on any atom is -0.309 e. The summed E-state index contributed by atoms with van der Waals surface area (Å²) in [5.74, 6) is -0.349. The number of aryl methyl sites for hydroxylation is 2. The number of carbonyl (C=O) groups excluding carboxylic acids is 1. The maximum atomic E-state index is 13.0. The summed E-state index contributed by atoms with van der Waals surface area (Å²) in [5.41, 5.74) is 5.44. The van der Waals surface area contributed by atoms with Crippen molar-refractivity contribution in [2.45, 2.75) is 26.4 Å². The Kier molecular flexibility index (Phi) is 3.37. The molecule has 1 amide bonds. The fourth-order valence-corrected chi connectivity index (χ4v) is 3.00. The van der Waals surface area contributed by atoms with Crippen molar-refractivity contribution in [1.82, 2.24) is 9.38 Å². The molecule has 0 aliphatic heterocycles. The number of halogens is 1. The highest BCUT2D eigenvalue weighted by Gasteiger charge is 2.43. The molecule has 1 saturated carbocycles. The molecule has 122 valence electrons. The minimum absolute atomic E-state index is 0.291. The van der Waals surface area contributed by atoms with Gasteiger partial charge in [0, 0.05) is 6.20 Å². The van der Waals surface area contributed by atoms with E-state index in [4.69, 9.17) is 0 Å². The third-order valence-corrected chi connectivity index (χ3v) is 4.44. The van der Waals surface area contributed by atoms with Gasteiger partial charge in [-0.3, -0.25) is 4.79 Å². The van der Waals surface area contributed by atoms with E-state index >= 15 is 0 Å². The first-order chi connectivity index (χ1) is 11.5. The van der Waals surface area contributed by atoms with E-state index < -0.39 is 12.1 Å². The summed E-state index contributed by atoms with van der Waals surface area (Å²) in [6.45, 7) is 4.17. The van der Waals surface area contributed by atoms with E-state index in [1.165, 1.54) is 16.7 Å². The normalized spacial score (nSPS) is 19.5. The fourth-order valence-electron chi connectivity index (χ4n) is 3.00. The Labute approximate surface area is 139 Å². The number of amides is 1. The van der Waals surface area contributed by atoms with Crippen molar-refractivity contribution in [3.63, 3.8) is 0 Å². The van der Waals surface area contributed by atoms with Gasteiger partial charge in [-0.15, -0.1) is 0 Å². The van der Waals surface area contributed by atoms with Crippen LogP contribution in [-0.4, -0.2) is 21.5 Å². The number of aromatic nitrogens is 2. The van der Waals surface area contributed by atoms with Gasteiger partial charge in [0.15, 0.2) is 5.82 Å². The number of pyridine rings is 1. The Bertz CT molecular complexity index is 947. The lowest BCUT2D eigenvalue weighted by molar-refractivity contribution is -0.117. The van der Waals surface area contributed by atoms with Crippen molar-refractivity contribution in [2.24, 2.45) is 5.92 Å². The lowest BCUT2D eigenvalue weighted by atomic mass is 10.0. The lowest BCUT2D eigenvalue weighted by Gasteiger charge is -2.07. The van der Waals surface area contributed by atoms with E-state index in [9.17, 15) is 9.18 Å². The molecule has 2 aromatic heterocycles. The number of alkyl halides is 1. The molecular weight excluding hydrogens is 305 g/mol. The number of imidazole rings is 1. The number of rotatable bonds is 3. The molecule has 4 rings (SSSR count). The van der Waals surface area contributed by atoms with E-state index in [0.29, 0.717) is 12.2 Å². The molecule has 0 radical (unpaired) electrons. The number of hydrogen-bond donors (Lipinski definition) is 1. The van der Waals surface area contributed by atoms with Crippen LogP contribution in [0.3, 0.4) is 0 Å². The van der Waals surface area contributed by atoms with Crippen molar-refractivity contribution in [3.05, 3.63) is 53.9 Å². The summed E-state index contributed by atoms with van der Waals surface area (Å²) >= 11 is 0. The predicted octanol–water partition coefficient (Wildman–Crippen LogP) is 3.91. The second kappa shape index (κ2) is 5.44. The highest BCUT2D eigenvalue weighted by Crippen LogP contribution is 2.34. The molecule has 0 spiro atoms. The number of fused-ring (bicyclic) bond motifs is 1. The van der Waals surface area contributed by atoms with Crippen LogP contribution in [0.1, 0.15) is 17.5 Å². The van der Waals surface area contributed by atoms with Crippen LogP contribution >= 0.6 is 0 Å². The third kappa shape index (κ3) is 2.66. The molecule has 1 aromatic carbocycles. The van der Waals surface area contributed by atoms with Crippen LogP contribution in [0.5, 0.6) is 0 Å². The largest absolute Gasteiger partial charge is 0.309 e. The van der Waals surface area contributed by atoms with E-state index in [-0.39, 0.29) is 5.91 Å². The Balaban J connectivity index is 1.64. The highest BCUT2D eigenvalue weighted by atomic mass is 19.1. The topological polar surface area (TPSA) is 46.4 Å². The van der Waals surface area contributed by atoms with Crippen molar-refractivity contribution in [1.29, 1.82) is 0 Å². The van der Waals surface area contributed by atoms with Crippen LogP contribution < -0.4 is 5.32 Å². The monoisotopic (exact) mass is 323 g/mol. The zero-order valence-electron chi connectivity index (χ0n) is 13.6. The minimum atomic E-state index is -1.00. The maximum absolute atomic E-state index is 13.0. The van der Waals surface area contributed by atoms with Crippen molar-refractivity contribution >= 4 is 17.4 Å². The molecule has 1 aliphatic carbocycles. The van der Waals surface area contributed by atoms with Gasteiger partial charge in [0.2, 0.25) is 5.91 Å².